The van der Waals surface area contributed by atoms with Crippen LogP contribution < -0.4 is 15.3 Å². The van der Waals surface area contributed by atoms with Gasteiger partial charge in [-0.2, -0.15) is 5.10 Å². The highest BCUT2D eigenvalue weighted by Crippen LogP contribution is 2.17. The number of rotatable bonds is 8. The minimum atomic E-state index is -1.13. The molecule has 26 heavy (non-hydrogen) atoms. The van der Waals surface area contributed by atoms with Crippen molar-refractivity contribution in [1.29, 1.82) is 0 Å². The van der Waals surface area contributed by atoms with E-state index in [4.69, 9.17) is 9.15 Å². The first-order chi connectivity index (χ1) is 12.4. The number of furan rings is 1. The van der Waals surface area contributed by atoms with Gasteiger partial charge in [-0.05, 0) is 57.5 Å². The van der Waals surface area contributed by atoms with Crippen LogP contribution in [0.4, 0.5) is 0 Å². The van der Waals surface area contributed by atoms with Gasteiger partial charge in [-0.1, -0.05) is 0 Å². The maximum absolute atomic E-state index is 12.2. The molecule has 0 saturated carbocycles. The molecule has 1 amide bonds. The molecule has 1 aromatic heterocycles. The Morgan fingerprint density at radius 1 is 1.27 bits per heavy atom. The highest BCUT2D eigenvalue weighted by atomic mass is 16.5. The van der Waals surface area contributed by atoms with E-state index in [2.05, 4.69) is 10.5 Å². The highest BCUT2D eigenvalue weighted by Gasteiger charge is 2.11. The van der Waals surface area contributed by atoms with Crippen LogP contribution in [0.25, 0.3) is 0 Å². The van der Waals surface area contributed by atoms with Crippen LogP contribution in [0.3, 0.4) is 0 Å². The number of aliphatic carboxylic acids is 1. The fourth-order valence-corrected chi connectivity index (χ4v) is 2.38. The summed E-state index contributed by atoms with van der Waals surface area (Å²) in [6, 6.07) is 8.48. The topological polar surface area (TPSA) is 104 Å². The van der Waals surface area contributed by atoms with Crippen molar-refractivity contribution in [1.82, 2.24) is 5.43 Å². The number of nitrogens with one attached hydrogen (secondary N) is 1. The molecule has 2 rings (SSSR count). The predicted molar refractivity (Wildman–Crippen MR) is 94.1 cm³/mol. The smallest absolute Gasteiger partial charge is 0.271 e. The van der Waals surface area contributed by atoms with Gasteiger partial charge < -0.3 is 19.1 Å². The van der Waals surface area contributed by atoms with Crippen molar-refractivity contribution in [2.75, 3.05) is 6.61 Å². The van der Waals surface area contributed by atoms with E-state index in [1.54, 1.807) is 44.2 Å². The van der Waals surface area contributed by atoms with Gasteiger partial charge >= 0.3 is 0 Å². The maximum Gasteiger partial charge on any atom is 0.271 e. The molecule has 0 aliphatic rings. The summed E-state index contributed by atoms with van der Waals surface area (Å²) in [6.45, 7) is 5.94. The van der Waals surface area contributed by atoms with Crippen molar-refractivity contribution in [3.05, 3.63) is 53.0 Å². The number of amides is 1. The molecule has 7 heteroatoms. The van der Waals surface area contributed by atoms with Gasteiger partial charge in [-0.25, -0.2) is 5.43 Å². The molecule has 7 nitrogen and oxygen atoms in total. The summed E-state index contributed by atoms with van der Waals surface area (Å²) >= 11 is 0. The SMILES string of the molecule is CCOc1ccc(C(=O)N/N=C(/C)c2cc(CCC(=O)[O-])oc2C)cc1. The average Bonchev–Trinajstić information content (AvgIpc) is 2.99. The Morgan fingerprint density at radius 2 is 1.96 bits per heavy atom. The van der Waals surface area contributed by atoms with E-state index in [9.17, 15) is 14.7 Å². The lowest BCUT2D eigenvalue weighted by Crippen LogP contribution is -2.22. The van der Waals surface area contributed by atoms with E-state index in [1.807, 2.05) is 6.92 Å². The first-order valence-electron chi connectivity index (χ1n) is 8.27. The summed E-state index contributed by atoms with van der Waals surface area (Å²) in [6.07, 6.45) is 0.131. The predicted octanol–water partition coefficient (Wildman–Crippen LogP) is 1.82. The summed E-state index contributed by atoms with van der Waals surface area (Å²) < 4.78 is 10.9. The first kappa shape index (κ1) is 19.2. The minimum Gasteiger partial charge on any atom is -0.550 e. The van der Waals surface area contributed by atoms with Crippen molar-refractivity contribution in [2.24, 2.45) is 5.10 Å². The number of carboxylic acids is 1. The van der Waals surface area contributed by atoms with E-state index in [0.717, 1.165) is 0 Å². The number of carbonyl (C=O) groups is 2. The summed E-state index contributed by atoms with van der Waals surface area (Å²) in [7, 11) is 0. The van der Waals surface area contributed by atoms with Crippen molar-refractivity contribution in [2.45, 2.75) is 33.6 Å². The molecule has 0 spiro atoms. The molecule has 0 radical (unpaired) electrons. The van der Waals surface area contributed by atoms with Gasteiger partial charge in [0, 0.05) is 23.5 Å². The Labute approximate surface area is 151 Å². The van der Waals surface area contributed by atoms with E-state index in [-0.39, 0.29) is 18.7 Å². The molecular weight excluding hydrogens is 336 g/mol. The Bertz CT molecular complexity index is 806. The molecular formula is C19H21N2O5-. The second-order valence-corrected chi connectivity index (χ2v) is 5.65. The molecule has 138 valence electrons. The number of carbonyl (C=O) groups excluding carboxylic acids is 2. The zero-order valence-corrected chi connectivity index (χ0v) is 15.0. The van der Waals surface area contributed by atoms with Crippen LogP contribution >= 0.6 is 0 Å². The van der Waals surface area contributed by atoms with Crippen LogP contribution in [0, 0.1) is 6.92 Å². The fourth-order valence-electron chi connectivity index (χ4n) is 2.38. The largest absolute Gasteiger partial charge is 0.550 e. The molecule has 1 N–H and O–H groups in total. The Morgan fingerprint density at radius 3 is 2.58 bits per heavy atom. The van der Waals surface area contributed by atoms with Gasteiger partial charge in [0.1, 0.15) is 17.3 Å². The van der Waals surface area contributed by atoms with Gasteiger partial charge in [0.25, 0.3) is 5.91 Å². The monoisotopic (exact) mass is 357 g/mol. The van der Waals surface area contributed by atoms with Crippen LogP contribution in [0.1, 0.15) is 47.7 Å². The average molecular weight is 357 g/mol. The molecule has 0 saturated heterocycles. The zero-order valence-electron chi connectivity index (χ0n) is 15.0. The number of nitrogens with zero attached hydrogens (tertiary/aromatic N) is 1. The van der Waals surface area contributed by atoms with Gasteiger partial charge in [-0.3, -0.25) is 4.79 Å². The standard InChI is InChI=1S/C19H22N2O5/c1-4-25-15-7-5-14(6-8-15)19(24)21-20-12(2)17-11-16(26-13(17)3)9-10-18(22)23/h5-8,11H,4,9-10H2,1-3H3,(H,21,24)(H,22,23)/p-1/b20-12-. The number of carboxylic acid groups (broad SMARTS) is 1. The summed E-state index contributed by atoms with van der Waals surface area (Å²) in [5, 5.41) is 14.6. The van der Waals surface area contributed by atoms with E-state index >= 15 is 0 Å². The number of ether oxygens (including phenoxy) is 1. The second-order valence-electron chi connectivity index (χ2n) is 5.65. The van der Waals surface area contributed by atoms with Gasteiger partial charge in [0.05, 0.1) is 12.3 Å². The number of hydrazone groups is 1. The van der Waals surface area contributed by atoms with E-state index < -0.39 is 5.97 Å². The van der Waals surface area contributed by atoms with Crippen molar-refractivity contribution in [3.8, 4) is 5.75 Å². The fraction of sp³-hybridized carbons (Fsp3) is 0.316. The van der Waals surface area contributed by atoms with Crippen LogP contribution in [-0.4, -0.2) is 24.2 Å². The molecule has 2 aromatic rings. The second kappa shape index (κ2) is 8.84. The third-order valence-corrected chi connectivity index (χ3v) is 3.69. The molecule has 0 unspecified atom stereocenters. The van der Waals surface area contributed by atoms with Gasteiger partial charge in [-0.15, -0.1) is 0 Å². The van der Waals surface area contributed by atoms with Gasteiger partial charge in [0.2, 0.25) is 0 Å². The lowest BCUT2D eigenvalue weighted by molar-refractivity contribution is -0.305. The van der Waals surface area contributed by atoms with Gasteiger partial charge in [0.15, 0.2) is 0 Å². The Balaban J connectivity index is 2.02. The van der Waals surface area contributed by atoms with E-state index in [1.165, 1.54) is 0 Å². The summed E-state index contributed by atoms with van der Waals surface area (Å²) in [5.41, 5.74) is 4.23. The summed E-state index contributed by atoms with van der Waals surface area (Å²) in [4.78, 5) is 22.7. The van der Waals surface area contributed by atoms with Crippen LogP contribution in [0.5, 0.6) is 5.75 Å². The van der Waals surface area contributed by atoms with E-state index in [0.29, 0.717) is 40.7 Å². The van der Waals surface area contributed by atoms with Crippen LogP contribution in [-0.2, 0) is 11.2 Å². The molecule has 1 heterocycles. The third kappa shape index (κ3) is 5.20. The van der Waals surface area contributed by atoms with Crippen LogP contribution in [0.2, 0.25) is 0 Å². The number of hydrogen-bond acceptors (Lipinski definition) is 6. The Kier molecular flexibility index (Phi) is 6.54. The van der Waals surface area contributed by atoms with Crippen LogP contribution in [0.15, 0.2) is 39.9 Å². The molecule has 0 aliphatic heterocycles. The lowest BCUT2D eigenvalue weighted by atomic mass is 10.1. The lowest BCUT2D eigenvalue weighted by Gasteiger charge is -2.05. The first-order valence-corrected chi connectivity index (χ1v) is 8.27. The molecule has 1 aromatic carbocycles. The van der Waals surface area contributed by atoms with Crippen molar-refractivity contribution < 1.29 is 23.8 Å². The summed E-state index contributed by atoms with van der Waals surface area (Å²) in [5.74, 6) is 0.366. The normalized spacial score (nSPS) is 11.3. The molecule has 0 fully saturated rings. The molecule has 0 aliphatic carbocycles. The number of hydrogen-bond donors (Lipinski definition) is 1. The highest BCUT2D eigenvalue weighted by molar-refractivity contribution is 6.01. The Hall–Kier alpha value is -3.09. The number of aryl methyl sites for hydroxylation is 2. The number of benzene rings is 1. The van der Waals surface area contributed by atoms with Crippen molar-refractivity contribution in [3.63, 3.8) is 0 Å². The third-order valence-electron chi connectivity index (χ3n) is 3.69. The maximum atomic E-state index is 12.2. The molecule has 0 bridgehead atoms. The zero-order chi connectivity index (χ0) is 19.1. The quantitative estimate of drug-likeness (QED) is 0.573. The van der Waals surface area contributed by atoms with Crippen molar-refractivity contribution >= 4 is 17.6 Å². The molecule has 0 atom stereocenters. The minimum absolute atomic E-state index is 0.114.